The highest BCUT2D eigenvalue weighted by Gasteiger charge is 2.23. The van der Waals surface area contributed by atoms with E-state index in [9.17, 15) is 9.18 Å². The fraction of sp³-hybridized carbons (Fsp3) is 0.200. The van der Waals surface area contributed by atoms with Gasteiger partial charge >= 0.3 is 0 Å². The predicted molar refractivity (Wildman–Crippen MR) is 102 cm³/mol. The summed E-state index contributed by atoms with van der Waals surface area (Å²) in [4.78, 5) is 20.1. The second-order valence-corrected chi connectivity index (χ2v) is 7.12. The minimum Gasteiger partial charge on any atom is -0.332 e. The van der Waals surface area contributed by atoms with Crippen molar-refractivity contribution >= 4 is 17.2 Å². The Morgan fingerprint density at radius 2 is 1.85 bits per heavy atom. The molecule has 134 valence electrons. The van der Waals surface area contributed by atoms with Gasteiger partial charge in [-0.3, -0.25) is 4.79 Å². The maximum atomic E-state index is 13.2. The number of rotatable bonds is 6. The van der Waals surface area contributed by atoms with Gasteiger partial charge in [-0.25, -0.2) is 9.37 Å². The topological polar surface area (TPSA) is 59.2 Å². The molecule has 0 unspecified atom stereocenters. The summed E-state index contributed by atoms with van der Waals surface area (Å²) in [5, 5.41) is 0.835. The van der Waals surface area contributed by atoms with Crippen LogP contribution in [0.2, 0.25) is 0 Å². The van der Waals surface area contributed by atoms with E-state index >= 15 is 0 Å². The van der Waals surface area contributed by atoms with E-state index in [2.05, 4.69) is 4.98 Å². The maximum Gasteiger partial charge on any atom is 0.274 e. The number of nitrogens with two attached hydrogens (primary N) is 1. The summed E-state index contributed by atoms with van der Waals surface area (Å²) < 4.78 is 13.1. The molecule has 0 bridgehead atoms. The van der Waals surface area contributed by atoms with Gasteiger partial charge < -0.3 is 10.6 Å². The highest BCUT2D eigenvalue weighted by molar-refractivity contribution is 7.15. The molecule has 1 amide bonds. The van der Waals surface area contributed by atoms with E-state index in [0.29, 0.717) is 25.3 Å². The van der Waals surface area contributed by atoms with Crippen molar-refractivity contribution in [2.75, 3.05) is 13.1 Å². The first-order valence-corrected chi connectivity index (χ1v) is 9.16. The lowest BCUT2D eigenvalue weighted by molar-refractivity contribution is 0.0743. The van der Waals surface area contributed by atoms with E-state index in [1.807, 2.05) is 37.3 Å². The number of nitrogens with zero attached hydrogens (tertiary/aromatic N) is 2. The lowest BCUT2D eigenvalue weighted by atomic mass is 10.1. The number of aromatic nitrogens is 1. The maximum absolute atomic E-state index is 13.2. The van der Waals surface area contributed by atoms with E-state index in [0.717, 1.165) is 21.0 Å². The van der Waals surface area contributed by atoms with Crippen LogP contribution in [0.3, 0.4) is 0 Å². The normalized spacial score (nSPS) is 10.7. The fourth-order valence-electron chi connectivity index (χ4n) is 2.73. The molecule has 3 aromatic rings. The molecule has 0 aliphatic carbocycles. The van der Waals surface area contributed by atoms with E-state index in [-0.39, 0.29) is 11.7 Å². The zero-order valence-corrected chi connectivity index (χ0v) is 15.3. The first-order valence-electron chi connectivity index (χ1n) is 8.35. The van der Waals surface area contributed by atoms with Crippen molar-refractivity contribution in [3.8, 4) is 10.4 Å². The number of carbonyl (C=O) groups excluding carboxylic acids is 1. The number of thiazole rings is 1. The molecule has 1 aromatic heterocycles. The van der Waals surface area contributed by atoms with Crippen molar-refractivity contribution in [2.45, 2.75) is 13.5 Å². The van der Waals surface area contributed by atoms with Crippen LogP contribution in [0.4, 0.5) is 4.39 Å². The molecule has 0 atom stereocenters. The van der Waals surface area contributed by atoms with Crippen LogP contribution in [0, 0.1) is 12.7 Å². The molecule has 0 aliphatic heterocycles. The smallest absolute Gasteiger partial charge is 0.274 e. The molecule has 2 N–H and O–H groups in total. The highest BCUT2D eigenvalue weighted by Crippen LogP contribution is 2.31. The van der Waals surface area contributed by atoms with E-state index in [1.165, 1.54) is 23.5 Å². The third-order valence-electron chi connectivity index (χ3n) is 3.95. The summed E-state index contributed by atoms with van der Waals surface area (Å²) in [5.41, 5.74) is 7.96. The summed E-state index contributed by atoms with van der Waals surface area (Å²) in [7, 11) is 0. The lowest BCUT2D eigenvalue weighted by Gasteiger charge is -2.22. The number of carbonyl (C=O) groups is 1. The Morgan fingerprint density at radius 3 is 2.50 bits per heavy atom. The molecule has 0 fully saturated rings. The molecule has 6 heteroatoms. The lowest BCUT2D eigenvalue weighted by Crippen LogP contribution is -2.35. The zero-order chi connectivity index (χ0) is 18.5. The predicted octanol–water partition coefficient (Wildman–Crippen LogP) is 3.86. The molecule has 4 nitrogen and oxygen atoms in total. The first-order chi connectivity index (χ1) is 12.6. The molecular weight excluding hydrogens is 349 g/mol. The van der Waals surface area contributed by atoms with Crippen LogP contribution < -0.4 is 5.73 Å². The summed E-state index contributed by atoms with van der Waals surface area (Å²) >= 11 is 1.50. The van der Waals surface area contributed by atoms with Crippen LogP contribution in [0.25, 0.3) is 10.4 Å². The van der Waals surface area contributed by atoms with Gasteiger partial charge in [-0.15, -0.1) is 11.3 Å². The van der Waals surface area contributed by atoms with E-state index < -0.39 is 0 Å². The van der Waals surface area contributed by atoms with Crippen molar-refractivity contribution in [1.29, 1.82) is 0 Å². The summed E-state index contributed by atoms with van der Waals surface area (Å²) in [6, 6.07) is 15.9. The summed E-state index contributed by atoms with van der Waals surface area (Å²) in [6.07, 6.45) is 0. The van der Waals surface area contributed by atoms with Crippen LogP contribution in [0.5, 0.6) is 0 Å². The van der Waals surface area contributed by atoms with Crippen molar-refractivity contribution in [3.05, 3.63) is 76.7 Å². The van der Waals surface area contributed by atoms with Crippen molar-refractivity contribution in [1.82, 2.24) is 9.88 Å². The number of hydrogen-bond acceptors (Lipinski definition) is 4. The second kappa shape index (κ2) is 8.21. The van der Waals surface area contributed by atoms with Crippen LogP contribution in [-0.4, -0.2) is 28.9 Å². The third-order valence-corrected chi connectivity index (χ3v) is 4.97. The third kappa shape index (κ3) is 4.15. The van der Waals surface area contributed by atoms with Crippen LogP contribution in [-0.2, 0) is 6.54 Å². The number of hydrogen-bond donors (Lipinski definition) is 1. The van der Waals surface area contributed by atoms with E-state index in [1.54, 1.807) is 17.0 Å². The minimum absolute atomic E-state index is 0.164. The van der Waals surface area contributed by atoms with Gasteiger partial charge in [0.15, 0.2) is 0 Å². The average Bonchev–Trinajstić information content (AvgIpc) is 3.05. The molecule has 0 saturated carbocycles. The molecule has 2 aromatic carbocycles. The molecule has 0 radical (unpaired) electrons. The first kappa shape index (κ1) is 18.2. The fourth-order valence-corrected chi connectivity index (χ4v) is 3.64. The van der Waals surface area contributed by atoms with Crippen LogP contribution in [0.15, 0.2) is 54.6 Å². The van der Waals surface area contributed by atoms with Crippen molar-refractivity contribution < 1.29 is 9.18 Å². The molecule has 3 rings (SSSR count). The standard InChI is InChI=1S/C20H20FN3OS/c1-14-23-18(19(26-14)16-5-3-2-4-6-16)20(25)24(12-11-22)13-15-7-9-17(21)10-8-15/h2-10H,11-13,22H2,1H3. The monoisotopic (exact) mass is 369 g/mol. The van der Waals surface area contributed by atoms with Gasteiger partial charge in [0, 0.05) is 19.6 Å². The molecule has 0 spiro atoms. The Morgan fingerprint density at radius 1 is 1.15 bits per heavy atom. The van der Waals surface area contributed by atoms with Gasteiger partial charge in [-0.1, -0.05) is 42.5 Å². The van der Waals surface area contributed by atoms with Crippen LogP contribution in [0.1, 0.15) is 21.1 Å². The van der Waals surface area contributed by atoms with Gasteiger partial charge in [-0.2, -0.15) is 0 Å². The Kier molecular flexibility index (Phi) is 5.75. The largest absolute Gasteiger partial charge is 0.332 e. The van der Waals surface area contributed by atoms with Gasteiger partial charge in [0.05, 0.1) is 9.88 Å². The average molecular weight is 369 g/mol. The van der Waals surface area contributed by atoms with Gasteiger partial charge in [0.1, 0.15) is 11.5 Å². The molecular formula is C20H20FN3OS. The number of aryl methyl sites for hydroxylation is 1. The summed E-state index contributed by atoms with van der Waals surface area (Å²) in [5.74, 6) is -0.463. The van der Waals surface area contributed by atoms with E-state index in [4.69, 9.17) is 5.73 Å². The van der Waals surface area contributed by atoms with Gasteiger partial charge in [0.2, 0.25) is 0 Å². The Balaban J connectivity index is 1.91. The molecule has 1 heterocycles. The molecule has 0 aliphatic rings. The van der Waals surface area contributed by atoms with Gasteiger partial charge in [0.25, 0.3) is 5.91 Å². The van der Waals surface area contributed by atoms with Gasteiger partial charge in [-0.05, 0) is 30.2 Å². The number of halogens is 1. The number of amides is 1. The summed E-state index contributed by atoms with van der Waals surface area (Å²) in [6.45, 7) is 3.00. The zero-order valence-electron chi connectivity index (χ0n) is 14.5. The minimum atomic E-state index is -0.299. The number of benzene rings is 2. The second-order valence-electron chi connectivity index (χ2n) is 5.92. The highest BCUT2D eigenvalue weighted by atomic mass is 32.1. The Bertz CT molecular complexity index is 878. The molecule has 26 heavy (non-hydrogen) atoms. The van der Waals surface area contributed by atoms with Crippen molar-refractivity contribution in [3.63, 3.8) is 0 Å². The van der Waals surface area contributed by atoms with Crippen LogP contribution >= 0.6 is 11.3 Å². The SMILES string of the molecule is Cc1nc(C(=O)N(CCN)Cc2ccc(F)cc2)c(-c2ccccc2)s1. The Labute approximate surface area is 156 Å². The molecule has 0 saturated heterocycles. The quantitative estimate of drug-likeness (QED) is 0.718. The Hall–Kier alpha value is -2.57. The van der Waals surface area contributed by atoms with Crippen molar-refractivity contribution in [2.24, 2.45) is 5.73 Å².